The van der Waals surface area contributed by atoms with Crippen LogP contribution in [-0.2, 0) is 22.8 Å². The van der Waals surface area contributed by atoms with Crippen molar-refractivity contribution in [3.63, 3.8) is 0 Å². The fraction of sp³-hybridized carbons (Fsp3) is 1.00. The maximum absolute atomic E-state index is 5.53. The van der Waals surface area contributed by atoms with Crippen LogP contribution in [0.4, 0.5) is 0 Å². The molecule has 6 heteroatoms. The lowest BCUT2D eigenvalue weighted by Crippen LogP contribution is -2.44. The molecule has 0 amide bonds. The maximum Gasteiger partial charge on any atom is 0.500 e. The molecule has 0 aliphatic carbocycles. The zero-order valence-corrected chi connectivity index (χ0v) is 11.5. The fourth-order valence-corrected chi connectivity index (χ4v) is 3.52. The van der Waals surface area contributed by atoms with Crippen molar-refractivity contribution >= 4 is 8.80 Å². The van der Waals surface area contributed by atoms with Gasteiger partial charge in [-0.2, -0.15) is 0 Å². The Morgan fingerprint density at radius 1 is 1.25 bits per heavy atom. The average Bonchev–Trinajstić information content (AvgIpc) is 3.10. The molecule has 5 nitrogen and oxygen atoms in total. The standard InChI is InChI=1S/C10H22O5Si/c1-9(5-14-6-10-7-15-10)8-16(11-2,12-3)13-4/h9-10H,5-8H2,1-4H3. The third-order valence-electron chi connectivity index (χ3n) is 2.64. The van der Waals surface area contributed by atoms with E-state index in [2.05, 4.69) is 6.92 Å². The van der Waals surface area contributed by atoms with Crippen molar-refractivity contribution in [1.82, 2.24) is 0 Å². The van der Waals surface area contributed by atoms with Crippen LogP contribution in [0.1, 0.15) is 6.92 Å². The van der Waals surface area contributed by atoms with E-state index >= 15 is 0 Å². The highest BCUT2D eigenvalue weighted by Crippen LogP contribution is 2.20. The lowest BCUT2D eigenvalue weighted by atomic mass is 10.2. The van der Waals surface area contributed by atoms with Crippen LogP contribution in [0.15, 0.2) is 0 Å². The molecular formula is C10H22O5Si. The number of rotatable bonds is 9. The third-order valence-corrected chi connectivity index (χ3v) is 5.70. The van der Waals surface area contributed by atoms with Gasteiger partial charge in [0.1, 0.15) is 6.10 Å². The first-order valence-electron chi connectivity index (χ1n) is 5.50. The zero-order chi connectivity index (χ0) is 12.0. The van der Waals surface area contributed by atoms with Gasteiger partial charge in [0.2, 0.25) is 0 Å². The van der Waals surface area contributed by atoms with Crippen LogP contribution in [-0.4, -0.2) is 56.1 Å². The SMILES string of the molecule is CO[Si](CC(C)COCC1CO1)(OC)OC. The second-order valence-electron chi connectivity index (χ2n) is 4.10. The van der Waals surface area contributed by atoms with Gasteiger partial charge in [0, 0.05) is 34.0 Å². The van der Waals surface area contributed by atoms with Crippen molar-refractivity contribution in [2.45, 2.75) is 19.1 Å². The van der Waals surface area contributed by atoms with Crippen LogP contribution in [0.25, 0.3) is 0 Å². The Balaban J connectivity index is 2.20. The minimum absolute atomic E-state index is 0.321. The molecule has 0 aromatic heterocycles. The Bertz CT molecular complexity index is 185. The molecule has 1 aliphatic heterocycles. The van der Waals surface area contributed by atoms with Gasteiger partial charge in [-0.05, 0) is 5.92 Å². The van der Waals surface area contributed by atoms with E-state index in [4.69, 9.17) is 22.8 Å². The van der Waals surface area contributed by atoms with Gasteiger partial charge in [-0.25, -0.2) is 0 Å². The summed E-state index contributed by atoms with van der Waals surface area (Å²) in [6.45, 7) is 4.31. The predicted octanol–water partition coefficient (Wildman–Crippen LogP) is 0.916. The summed E-state index contributed by atoms with van der Waals surface area (Å²) in [6, 6.07) is 0.766. The van der Waals surface area contributed by atoms with Gasteiger partial charge in [-0.15, -0.1) is 0 Å². The van der Waals surface area contributed by atoms with Gasteiger partial charge < -0.3 is 22.8 Å². The van der Waals surface area contributed by atoms with Crippen LogP contribution in [0.2, 0.25) is 6.04 Å². The Morgan fingerprint density at radius 2 is 1.81 bits per heavy atom. The zero-order valence-electron chi connectivity index (χ0n) is 10.5. The van der Waals surface area contributed by atoms with Crippen molar-refractivity contribution in [2.24, 2.45) is 5.92 Å². The molecule has 1 saturated heterocycles. The van der Waals surface area contributed by atoms with Gasteiger partial charge in [0.15, 0.2) is 0 Å². The van der Waals surface area contributed by atoms with Crippen LogP contribution in [0, 0.1) is 5.92 Å². The molecule has 1 fully saturated rings. The van der Waals surface area contributed by atoms with Crippen molar-refractivity contribution in [3.8, 4) is 0 Å². The van der Waals surface area contributed by atoms with E-state index in [9.17, 15) is 0 Å². The van der Waals surface area contributed by atoms with Gasteiger partial charge in [-0.1, -0.05) is 6.92 Å². The highest BCUT2D eigenvalue weighted by molar-refractivity contribution is 6.60. The van der Waals surface area contributed by atoms with Crippen molar-refractivity contribution in [2.75, 3.05) is 41.2 Å². The Hall–Kier alpha value is 0.0169. The molecule has 16 heavy (non-hydrogen) atoms. The van der Waals surface area contributed by atoms with Crippen LogP contribution in [0.3, 0.4) is 0 Å². The molecule has 0 spiro atoms. The number of epoxide rings is 1. The monoisotopic (exact) mass is 250 g/mol. The van der Waals surface area contributed by atoms with Crippen molar-refractivity contribution in [3.05, 3.63) is 0 Å². The molecule has 0 radical (unpaired) electrons. The highest BCUT2D eigenvalue weighted by Gasteiger charge is 2.39. The van der Waals surface area contributed by atoms with E-state index in [1.54, 1.807) is 21.3 Å². The molecule has 1 heterocycles. The van der Waals surface area contributed by atoms with Gasteiger partial charge >= 0.3 is 8.80 Å². The maximum atomic E-state index is 5.53. The minimum Gasteiger partial charge on any atom is -0.378 e. The fourth-order valence-electron chi connectivity index (χ4n) is 1.55. The second-order valence-corrected chi connectivity index (χ2v) is 7.10. The van der Waals surface area contributed by atoms with E-state index in [1.165, 1.54) is 0 Å². The Morgan fingerprint density at radius 3 is 2.25 bits per heavy atom. The van der Waals surface area contributed by atoms with E-state index in [0.717, 1.165) is 12.7 Å². The smallest absolute Gasteiger partial charge is 0.378 e. The highest BCUT2D eigenvalue weighted by atomic mass is 28.4. The first-order valence-corrected chi connectivity index (χ1v) is 7.43. The summed E-state index contributed by atoms with van der Waals surface area (Å²) in [6.07, 6.45) is 0.321. The van der Waals surface area contributed by atoms with E-state index < -0.39 is 8.80 Å². The Labute approximate surface area is 98.3 Å². The third kappa shape index (κ3) is 4.48. The number of hydrogen-bond acceptors (Lipinski definition) is 5. The minimum atomic E-state index is -2.45. The molecule has 0 saturated carbocycles. The molecule has 0 bridgehead atoms. The Kier molecular flexibility index (Phi) is 5.88. The molecule has 0 N–H and O–H groups in total. The van der Waals surface area contributed by atoms with Crippen LogP contribution >= 0.6 is 0 Å². The molecule has 1 rings (SSSR count). The molecule has 2 unspecified atom stereocenters. The summed E-state index contributed by atoms with van der Waals surface area (Å²) in [5.74, 6) is 0.352. The van der Waals surface area contributed by atoms with E-state index in [1.807, 2.05) is 0 Å². The van der Waals surface area contributed by atoms with E-state index in [0.29, 0.717) is 25.2 Å². The summed E-state index contributed by atoms with van der Waals surface area (Å²) in [7, 11) is 2.44. The lowest BCUT2D eigenvalue weighted by Gasteiger charge is -2.27. The van der Waals surface area contributed by atoms with Crippen LogP contribution in [0.5, 0.6) is 0 Å². The molecular weight excluding hydrogens is 228 g/mol. The predicted molar refractivity (Wildman–Crippen MR) is 61.3 cm³/mol. The van der Waals surface area contributed by atoms with Gasteiger partial charge in [0.05, 0.1) is 13.2 Å². The molecule has 2 atom stereocenters. The summed E-state index contributed by atoms with van der Waals surface area (Å²) >= 11 is 0. The molecule has 0 aromatic carbocycles. The van der Waals surface area contributed by atoms with Gasteiger partial charge in [-0.3, -0.25) is 0 Å². The summed E-state index contributed by atoms with van der Waals surface area (Å²) < 4.78 is 26.7. The first kappa shape index (κ1) is 14.1. The molecule has 96 valence electrons. The second kappa shape index (κ2) is 6.68. The number of ether oxygens (including phenoxy) is 2. The molecule has 0 aromatic rings. The lowest BCUT2D eigenvalue weighted by molar-refractivity contribution is 0.0786. The van der Waals surface area contributed by atoms with Crippen LogP contribution < -0.4 is 0 Å². The first-order chi connectivity index (χ1) is 7.65. The van der Waals surface area contributed by atoms with E-state index in [-0.39, 0.29) is 0 Å². The van der Waals surface area contributed by atoms with Gasteiger partial charge in [0.25, 0.3) is 0 Å². The summed E-state index contributed by atoms with van der Waals surface area (Å²) in [5.41, 5.74) is 0. The van der Waals surface area contributed by atoms with Crippen molar-refractivity contribution < 1.29 is 22.8 Å². The number of hydrogen-bond donors (Lipinski definition) is 0. The average molecular weight is 250 g/mol. The largest absolute Gasteiger partial charge is 0.500 e. The topological polar surface area (TPSA) is 49.5 Å². The quantitative estimate of drug-likeness (QED) is 0.450. The summed E-state index contributed by atoms with van der Waals surface area (Å²) in [4.78, 5) is 0. The molecule has 1 aliphatic rings. The normalized spacial score (nSPS) is 22.1. The summed E-state index contributed by atoms with van der Waals surface area (Å²) in [5, 5.41) is 0. The van der Waals surface area contributed by atoms with Crippen molar-refractivity contribution in [1.29, 1.82) is 0 Å².